The van der Waals surface area contributed by atoms with Crippen LogP contribution in [0.2, 0.25) is 0 Å². The Labute approximate surface area is 192 Å². The summed E-state index contributed by atoms with van der Waals surface area (Å²) in [5, 5.41) is 0. The number of carbonyl (C=O) groups is 2. The summed E-state index contributed by atoms with van der Waals surface area (Å²) in [5.41, 5.74) is 1.14. The topological polar surface area (TPSA) is 78.0 Å². The molecular formula is C24H37N3O4S. The molecule has 2 amide bonds. The Morgan fingerprint density at radius 1 is 1.00 bits per heavy atom. The minimum atomic E-state index is -3.57. The van der Waals surface area contributed by atoms with Crippen molar-refractivity contribution < 1.29 is 18.0 Å². The number of carbonyl (C=O) groups excluding carboxylic acids is 2. The van der Waals surface area contributed by atoms with Gasteiger partial charge in [-0.25, -0.2) is 8.42 Å². The highest BCUT2D eigenvalue weighted by Gasteiger charge is 2.35. The van der Waals surface area contributed by atoms with Gasteiger partial charge in [0.1, 0.15) is 0 Å². The van der Waals surface area contributed by atoms with Crippen LogP contribution < -0.4 is 0 Å². The summed E-state index contributed by atoms with van der Waals surface area (Å²) in [6.45, 7) is 8.82. The van der Waals surface area contributed by atoms with E-state index in [4.69, 9.17) is 0 Å². The maximum Gasteiger partial charge on any atom is 0.243 e. The molecule has 7 nitrogen and oxygen atoms in total. The van der Waals surface area contributed by atoms with Crippen LogP contribution in [0.1, 0.15) is 64.4 Å². The molecular weight excluding hydrogens is 426 g/mol. The van der Waals surface area contributed by atoms with Gasteiger partial charge in [-0.15, -0.1) is 0 Å². The summed E-state index contributed by atoms with van der Waals surface area (Å²) in [5.74, 6) is 0.393. The Bertz CT molecular complexity index is 892. The third-order valence-electron chi connectivity index (χ3n) is 6.84. The van der Waals surface area contributed by atoms with Gasteiger partial charge in [-0.1, -0.05) is 32.9 Å². The maximum absolute atomic E-state index is 13.1. The van der Waals surface area contributed by atoms with Crippen LogP contribution in [-0.2, 0) is 19.6 Å². The van der Waals surface area contributed by atoms with E-state index in [1.807, 2.05) is 24.0 Å². The van der Waals surface area contributed by atoms with Gasteiger partial charge in [0.15, 0.2) is 0 Å². The van der Waals surface area contributed by atoms with Crippen LogP contribution in [0.25, 0.3) is 0 Å². The number of hydrogen-bond donors (Lipinski definition) is 0. The average molecular weight is 464 g/mol. The third-order valence-corrected chi connectivity index (χ3v) is 8.75. The first-order valence-electron chi connectivity index (χ1n) is 11.9. The lowest BCUT2D eigenvalue weighted by atomic mass is 9.96. The molecule has 0 saturated carbocycles. The maximum atomic E-state index is 13.1. The largest absolute Gasteiger partial charge is 0.342 e. The predicted octanol–water partition coefficient (Wildman–Crippen LogP) is 3.07. The molecule has 0 aliphatic carbocycles. The van der Waals surface area contributed by atoms with Crippen molar-refractivity contribution >= 4 is 21.8 Å². The zero-order valence-electron chi connectivity index (χ0n) is 19.6. The molecule has 1 aromatic carbocycles. The fourth-order valence-electron chi connectivity index (χ4n) is 4.54. The van der Waals surface area contributed by atoms with E-state index in [-0.39, 0.29) is 17.7 Å². The lowest BCUT2D eigenvalue weighted by molar-refractivity contribution is -0.141. The first-order chi connectivity index (χ1) is 15.3. The van der Waals surface area contributed by atoms with E-state index in [9.17, 15) is 18.0 Å². The third kappa shape index (κ3) is 5.52. The van der Waals surface area contributed by atoms with Gasteiger partial charge in [0.05, 0.1) is 10.8 Å². The van der Waals surface area contributed by atoms with Crippen molar-refractivity contribution in [2.45, 2.75) is 63.7 Å². The van der Waals surface area contributed by atoms with Crippen LogP contribution in [0.5, 0.6) is 0 Å². The van der Waals surface area contributed by atoms with Crippen LogP contribution >= 0.6 is 0 Å². The molecule has 3 rings (SSSR count). The Kier molecular flexibility index (Phi) is 8.33. The summed E-state index contributed by atoms with van der Waals surface area (Å²) in [7, 11) is -3.57. The number of piperazine rings is 1. The normalized spacial score (nSPS) is 21.4. The number of rotatable bonds is 7. The molecule has 178 valence electrons. The first-order valence-corrected chi connectivity index (χ1v) is 13.4. The highest BCUT2D eigenvalue weighted by Crippen LogP contribution is 2.24. The van der Waals surface area contributed by atoms with E-state index in [2.05, 4.69) is 13.8 Å². The number of piperidine rings is 1. The Balaban J connectivity index is 1.58. The van der Waals surface area contributed by atoms with Gasteiger partial charge in [0.2, 0.25) is 21.8 Å². The molecule has 2 atom stereocenters. The fourth-order valence-corrected chi connectivity index (χ4v) is 5.96. The summed E-state index contributed by atoms with van der Waals surface area (Å²) < 4.78 is 27.6. The van der Waals surface area contributed by atoms with Gasteiger partial charge >= 0.3 is 0 Å². The molecule has 8 heteroatoms. The number of hydrogen-bond acceptors (Lipinski definition) is 4. The van der Waals surface area contributed by atoms with Crippen molar-refractivity contribution in [1.82, 2.24) is 14.1 Å². The molecule has 0 bridgehead atoms. The van der Waals surface area contributed by atoms with Crippen molar-refractivity contribution in [3.63, 3.8) is 0 Å². The molecule has 2 unspecified atom stereocenters. The van der Waals surface area contributed by atoms with E-state index in [1.54, 1.807) is 17.0 Å². The molecule has 0 spiro atoms. The molecule has 2 aliphatic rings. The van der Waals surface area contributed by atoms with Crippen molar-refractivity contribution in [2.24, 2.45) is 5.92 Å². The lowest BCUT2D eigenvalue weighted by Crippen LogP contribution is -2.54. The first kappa shape index (κ1) is 24.7. The van der Waals surface area contributed by atoms with Gasteiger partial charge in [0, 0.05) is 45.7 Å². The van der Waals surface area contributed by atoms with Gasteiger partial charge in [-0.2, -0.15) is 4.31 Å². The monoisotopic (exact) mass is 463 g/mol. The molecule has 1 aromatic rings. The second-order valence-electron chi connectivity index (χ2n) is 9.04. The quantitative estimate of drug-likeness (QED) is 0.623. The van der Waals surface area contributed by atoms with Crippen LogP contribution in [0, 0.1) is 5.92 Å². The van der Waals surface area contributed by atoms with Crippen LogP contribution in [-0.4, -0.2) is 73.6 Å². The van der Waals surface area contributed by atoms with Gasteiger partial charge in [0.25, 0.3) is 0 Å². The molecule has 0 radical (unpaired) electrons. The van der Waals surface area contributed by atoms with Crippen LogP contribution in [0.15, 0.2) is 29.2 Å². The molecule has 2 fully saturated rings. The van der Waals surface area contributed by atoms with E-state index in [0.29, 0.717) is 50.0 Å². The minimum Gasteiger partial charge on any atom is -0.342 e. The smallest absolute Gasteiger partial charge is 0.243 e. The van der Waals surface area contributed by atoms with E-state index >= 15 is 0 Å². The number of sulfonamides is 1. The molecule has 2 heterocycles. The number of nitrogens with zero attached hydrogens (tertiary/aromatic N) is 3. The zero-order valence-corrected chi connectivity index (χ0v) is 20.4. The Hall–Kier alpha value is -1.93. The summed E-state index contributed by atoms with van der Waals surface area (Å²) in [6.07, 6.45) is 3.97. The molecule has 32 heavy (non-hydrogen) atoms. The highest BCUT2D eigenvalue weighted by molar-refractivity contribution is 7.89. The second-order valence-corrected chi connectivity index (χ2v) is 11.0. The highest BCUT2D eigenvalue weighted by atomic mass is 32.2. The van der Waals surface area contributed by atoms with Crippen molar-refractivity contribution in [3.8, 4) is 0 Å². The number of benzene rings is 1. The Morgan fingerprint density at radius 2 is 1.66 bits per heavy atom. The van der Waals surface area contributed by atoms with E-state index in [1.165, 1.54) is 4.31 Å². The average Bonchev–Trinajstić information content (AvgIpc) is 2.83. The summed E-state index contributed by atoms with van der Waals surface area (Å²) >= 11 is 0. The predicted molar refractivity (Wildman–Crippen MR) is 125 cm³/mol. The zero-order chi connectivity index (χ0) is 23.3. The lowest BCUT2D eigenvalue weighted by Gasteiger charge is -2.38. The molecule has 2 aliphatic heterocycles. The van der Waals surface area contributed by atoms with Crippen molar-refractivity contribution in [3.05, 3.63) is 29.8 Å². The van der Waals surface area contributed by atoms with Crippen molar-refractivity contribution in [2.75, 3.05) is 39.3 Å². The molecule has 2 saturated heterocycles. The van der Waals surface area contributed by atoms with Gasteiger partial charge in [-0.05, 0) is 49.3 Å². The van der Waals surface area contributed by atoms with E-state index in [0.717, 1.165) is 37.8 Å². The fraction of sp³-hybridized carbons (Fsp3) is 0.667. The molecule has 0 N–H and O–H groups in total. The van der Waals surface area contributed by atoms with Crippen LogP contribution in [0.4, 0.5) is 0 Å². The summed E-state index contributed by atoms with van der Waals surface area (Å²) in [4.78, 5) is 29.2. The number of amides is 2. The standard InChI is InChI=1S/C24H37N3O4S/c1-4-7-23(28)26-13-6-8-21(18-26)24(29)25-14-16-27(17-15-25)32(30,31)22-11-9-20(10-12-22)19(3)5-2/h9-12,19,21H,4-8,13-18H2,1-3H3. The second kappa shape index (κ2) is 10.8. The number of likely N-dealkylation sites (tertiary alicyclic amines) is 1. The summed E-state index contributed by atoms with van der Waals surface area (Å²) in [6, 6.07) is 7.18. The van der Waals surface area contributed by atoms with Gasteiger partial charge < -0.3 is 9.80 Å². The SMILES string of the molecule is CCCC(=O)N1CCCC(C(=O)N2CCN(S(=O)(=O)c3ccc(C(C)CC)cc3)CC2)C1. The Morgan fingerprint density at radius 3 is 2.25 bits per heavy atom. The minimum absolute atomic E-state index is 0.0500. The van der Waals surface area contributed by atoms with E-state index < -0.39 is 10.0 Å². The van der Waals surface area contributed by atoms with Crippen molar-refractivity contribution in [1.29, 1.82) is 0 Å². The molecule has 0 aromatic heterocycles. The van der Waals surface area contributed by atoms with Gasteiger partial charge in [-0.3, -0.25) is 9.59 Å². The van der Waals surface area contributed by atoms with Crippen LogP contribution in [0.3, 0.4) is 0 Å².